The molecule has 1 aliphatic heterocycles. The van der Waals surface area contributed by atoms with Gasteiger partial charge in [0.15, 0.2) is 5.84 Å². The van der Waals surface area contributed by atoms with Crippen molar-refractivity contribution in [2.24, 2.45) is 10.9 Å². The third kappa shape index (κ3) is 3.12. The third-order valence-electron chi connectivity index (χ3n) is 3.01. The van der Waals surface area contributed by atoms with Crippen molar-refractivity contribution in [2.75, 3.05) is 24.6 Å². The molecule has 104 valence electrons. The van der Waals surface area contributed by atoms with Crippen molar-refractivity contribution in [3.05, 3.63) is 24.0 Å². The molecule has 0 bridgehead atoms. The van der Waals surface area contributed by atoms with Crippen LogP contribution in [0.2, 0.25) is 0 Å². The number of morpholine rings is 1. The highest BCUT2D eigenvalue weighted by atomic mass is 16.5. The molecular formula is C12H18N4O3. The zero-order chi connectivity index (χ0) is 13.8. The fourth-order valence-electron chi connectivity index (χ4n) is 2.13. The van der Waals surface area contributed by atoms with Crippen molar-refractivity contribution in [1.82, 2.24) is 4.98 Å². The Balaban J connectivity index is 2.13. The van der Waals surface area contributed by atoms with Crippen LogP contribution in [0.25, 0.3) is 0 Å². The monoisotopic (exact) mass is 266 g/mol. The van der Waals surface area contributed by atoms with Crippen molar-refractivity contribution in [2.45, 2.75) is 19.1 Å². The number of hydrogen-bond donors (Lipinski definition) is 3. The second-order valence-electron chi connectivity index (χ2n) is 4.54. The lowest BCUT2D eigenvalue weighted by Crippen LogP contribution is -2.48. The van der Waals surface area contributed by atoms with Gasteiger partial charge in [0.25, 0.3) is 0 Å². The van der Waals surface area contributed by atoms with Gasteiger partial charge in [0.05, 0.1) is 30.7 Å². The van der Waals surface area contributed by atoms with E-state index in [1.165, 1.54) is 0 Å². The van der Waals surface area contributed by atoms with Crippen molar-refractivity contribution >= 4 is 11.5 Å². The van der Waals surface area contributed by atoms with Gasteiger partial charge in [-0.2, -0.15) is 0 Å². The maximum absolute atomic E-state index is 9.19. The quantitative estimate of drug-likeness (QED) is 0.302. The van der Waals surface area contributed by atoms with E-state index in [2.05, 4.69) is 15.0 Å². The highest BCUT2D eigenvalue weighted by molar-refractivity contribution is 5.95. The molecule has 2 unspecified atom stereocenters. The van der Waals surface area contributed by atoms with E-state index < -0.39 is 0 Å². The van der Waals surface area contributed by atoms with Crippen LogP contribution in [0, 0.1) is 0 Å². The summed E-state index contributed by atoms with van der Waals surface area (Å²) in [7, 11) is 0. The summed E-state index contributed by atoms with van der Waals surface area (Å²) in [5.41, 5.74) is 6.80. The summed E-state index contributed by atoms with van der Waals surface area (Å²) >= 11 is 0. The predicted molar refractivity (Wildman–Crippen MR) is 70.4 cm³/mol. The molecule has 0 aliphatic carbocycles. The average molecular weight is 266 g/mol. The highest BCUT2D eigenvalue weighted by Gasteiger charge is 2.25. The molecular weight excluding hydrogens is 248 g/mol. The summed E-state index contributed by atoms with van der Waals surface area (Å²) in [5, 5.41) is 20.7. The minimum absolute atomic E-state index is 0.00350. The maximum atomic E-state index is 9.19. The van der Waals surface area contributed by atoms with Crippen LogP contribution in [-0.2, 0) is 4.74 Å². The smallest absolute Gasteiger partial charge is 0.188 e. The molecule has 4 N–H and O–H groups in total. The first-order valence-corrected chi connectivity index (χ1v) is 6.09. The van der Waals surface area contributed by atoms with Gasteiger partial charge in [-0.3, -0.25) is 4.98 Å². The van der Waals surface area contributed by atoms with E-state index in [-0.39, 0.29) is 24.7 Å². The Morgan fingerprint density at radius 3 is 2.95 bits per heavy atom. The number of aliphatic hydroxyl groups excluding tert-OH is 1. The van der Waals surface area contributed by atoms with Gasteiger partial charge >= 0.3 is 0 Å². The lowest BCUT2D eigenvalue weighted by molar-refractivity contribution is -0.0421. The molecule has 1 aliphatic rings. The topological polar surface area (TPSA) is 104 Å². The van der Waals surface area contributed by atoms with Gasteiger partial charge in [0, 0.05) is 13.1 Å². The Morgan fingerprint density at radius 1 is 1.58 bits per heavy atom. The number of nitrogens with zero attached hydrogens (tertiary/aromatic N) is 3. The number of oxime groups is 1. The molecule has 7 nitrogen and oxygen atoms in total. The zero-order valence-corrected chi connectivity index (χ0v) is 10.7. The first-order valence-electron chi connectivity index (χ1n) is 6.09. The number of amidine groups is 1. The molecule has 19 heavy (non-hydrogen) atoms. The summed E-state index contributed by atoms with van der Waals surface area (Å²) in [6.45, 7) is 3.32. The van der Waals surface area contributed by atoms with Crippen LogP contribution >= 0.6 is 0 Å². The van der Waals surface area contributed by atoms with Crippen molar-refractivity contribution < 1.29 is 15.1 Å². The van der Waals surface area contributed by atoms with E-state index in [1.54, 1.807) is 12.3 Å². The van der Waals surface area contributed by atoms with Crippen LogP contribution in [0.15, 0.2) is 23.5 Å². The summed E-state index contributed by atoms with van der Waals surface area (Å²) in [5.74, 6) is -0.0184. The Morgan fingerprint density at radius 2 is 2.37 bits per heavy atom. The van der Waals surface area contributed by atoms with Crippen molar-refractivity contribution in [1.29, 1.82) is 0 Å². The standard InChI is InChI=1S/C12H18N4O3/c1-8-5-16(6-10(7-17)19-8)9-2-3-11(14-4-9)12(13)15-18/h2-4,8,10,17-18H,5-7H2,1H3,(H2,13,15). The van der Waals surface area contributed by atoms with E-state index in [1.807, 2.05) is 13.0 Å². The molecule has 1 aromatic rings. The van der Waals surface area contributed by atoms with E-state index in [0.29, 0.717) is 12.2 Å². The number of hydrogen-bond acceptors (Lipinski definition) is 6. The van der Waals surface area contributed by atoms with Crippen LogP contribution in [-0.4, -0.2) is 53.0 Å². The lowest BCUT2D eigenvalue weighted by atomic mass is 10.2. The Kier molecular flexibility index (Phi) is 4.18. The highest BCUT2D eigenvalue weighted by Crippen LogP contribution is 2.19. The Hall–Kier alpha value is -1.86. The molecule has 1 fully saturated rings. The van der Waals surface area contributed by atoms with Crippen LogP contribution in [0.1, 0.15) is 12.6 Å². The van der Waals surface area contributed by atoms with E-state index in [9.17, 15) is 5.11 Å². The van der Waals surface area contributed by atoms with Gasteiger partial charge in [-0.15, -0.1) is 0 Å². The number of ether oxygens (including phenoxy) is 1. The second kappa shape index (κ2) is 5.85. The minimum atomic E-state index is -0.187. The minimum Gasteiger partial charge on any atom is -0.409 e. The van der Waals surface area contributed by atoms with Gasteiger partial charge < -0.3 is 25.7 Å². The Bertz CT molecular complexity index is 449. The molecule has 2 heterocycles. The average Bonchev–Trinajstić information content (AvgIpc) is 2.46. The van der Waals surface area contributed by atoms with Crippen LogP contribution in [0.5, 0.6) is 0 Å². The van der Waals surface area contributed by atoms with Gasteiger partial charge in [-0.25, -0.2) is 0 Å². The van der Waals surface area contributed by atoms with Gasteiger partial charge in [0.1, 0.15) is 5.69 Å². The number of aliphatic hydroxyl groups is 1. The maximum Gasteiger partial charge on any atom is 0.188 e. The largest absolute Gasteiger partial charge is 0.409 e. The second-order valence-corrected chi connectivity index (χ2v) is 4.54. The molecule has 0 amide bonds. The predicted octanol–water partition coefficient (Wildman–Crippen LogP) is -0.238. The van der Waals surface area contributed by atoms with E-state index in [4.69, 9.17) is 15.7 Å². The van der Waals surface area contributed by atoms with Crippen LogP contribution in [0.4, 0.5) is 5.69 Å². The fraction of sp³-hybridized carbons (Fsp3) is 0.500. The van der Waals surface area contributed by atoms with Crippen LogP contribution < -0.4 is 10.6 Å². The first kappa shape index (κ1) is 13.6. The third-order valence-corrected chi connectivity index (χ3v) is 3.01. The normalized spacial score (nSPS) is 24.5. The van der Waals surface area contributed by atoms with E-state index >= 15 is 0 Å². The lowest BCUT2D eigenvalue weighted by Gasteiger charge is -2.37. The summed E-state index contributed by atoms with van der Waals surface area (Å²) in [6, 6.07) is 3.55. The summed E-state index contributed by atoms with van der Waals surface area (Å²) in [4.78, 5) is 6.24. The summed E-state index contributed by atoms with van der Waals surface area (Å²) in [6.07, 6.45) is 1.53. The van der Waals surface area contributed by atoms with Crippen LogP contribution in [0.3, 0.4) is 0 Å². The molecule has 0 spiro atoms. The van der Waals surface area contributed by atoms with Gasteiger partial charge in [-0.05, 0) is 19.1 Å². The number of rotatable bonds is 3. The molecule has 7 heteroatoms. The Labute approximate surface area is 111 Å². The number of anilines is 1. The van der Waals surface area contributed by atoms with Crippen molar-refractivity contribution in [3.63, 3.8) is 0 Å². The van der Waals surface area contributed by atoms with E-state index in [0.717, 1.165) is 12.2 Å². The number of pyridine rings is 1. The number of nitrogens with two attached hydrogens (primary N) is 1. The zero-order valence-electron chi connectivity index (χ0n) is 10.7. The fourth-order valence-corrected chi connectivity index (χ4v) is 2.13. The molecule has 0 saturated carbocycles. The molecule has 1 saturated heterocycles. The summed E-state index contributed by atoms with van der Waals surface area (Å²) < 4.78 is 5.58. The molecule has 1 aromatic heterocycles. The molecule has 0 aromatic carbocycles. The van der Waals surface area contributed by atoms with Gasteiger partial charge in [-0.1, -0.05) is 5.16 Å². The SMILES string of the molecule is CC1CN(c2ccc(/C(N)=N/O)nc2)CC(CO)O1. The molecule has 2 rings (SSSR count). The molecule has 0 radical (unpaired) electrons. The van der Waals surface area contributed by atoms with Gasteiger partial charge in [0.2, 0.25) is 0 Å². The first-order chi connectivity index (χ1) is 9.13. The van der Waals surface area contributed by atoms with Crippen molar-refractivity contribution in [3.8, 4) is 0 Å². The number of aromatic nitrogens is 1. The molecule has 2 atom stereocenters.